The highest BCUT2D eigenvalue weighted by atomic mass is 35.5. The van der Waals surface area contributed by atoms with Crippen molar-refractivity contribution >= 4 is 23.4 Å². The van der Waals surface area contributed by atoms with E-state index in [-0.39, 0.29) is 0 Å². The molecule has 5 heteroatoms. The fourth-order valence-electron chi connectivity index (χ4n) is 2.00. The van der Waals surface area contributed by atoms with E-state index in [1.165, 1.54) is 5.56 Å². The van der Waals surface area contributed by atoms with E-state index >= 15 is 0 Å². The molecule has 18 heavy (non-hydrogen) atoms. The number of hydrogen-bond donors (Lipinski definition) is 0. The predicted molar refractivity (Wildman–Crippen MR) is 74.7 cm³/mol. The van der Waals surface area contributed by atoms with E-state index in [1.54, 1.807) is 0 Å². The summed E-state index contributed by atoms with van der Waals surface area (Å²) in [4.78, 5) is 0. The fraction of sp³-hybridized carbons (Fsp3) is 0.308. The van der Waals surface area contributed by atoms with Crippen LogP contribution in [0.1, 0.15) is 18.2 Å². The maximum atomic E-state index is 6.36. The van der Waals surface area contributed by atoms with E-state index in [0.717, 1.165) is 33.8 Å². The lowest BCUT2D eigenvalue weighted by Crippen LogP contribution is -1.98. The van der Waals surface area contributed by atoms with Gasteiger partial charge in [0.25, 0.3) is 0 Å². The summed E-state index contributed by atoms with van der Waals surface area (Å²) in [7, 11) is 0. The molecular weight excluding hydrogens is 268 g/mol. The molecule has 0 aliphatic carbocycles. The number of aromatic nitrogens is 2. The Morgan fingerprint density at radius 1 is 1.33 bits per heavy atom. The molecular formula is C13H13ClN2OS. The third-order valence-electron chi connectivity index (χ3n) is 2.88. The third-order valence-corrected chi connectivity index (χ3v) is 4.24. The average Bonchev–Trinajstić information content (AvgIpc) is 2.95. The molecule has 0 unspecified atom stereocenters. The van der Waals surface area contributed by atoms with Crippen LogP contribution in [0.5, 0.6) is 5.75 Å². The number of halogens is 1. The number of rotatable bonds is 3. The molecule has 0 amide bonds. The molecule has 2 heterocycles. The quantitative estimate of drug-likeness (QED) is 0.858. The summed E-state index contributed by atoms with van der Waals surface area (Å²) in [6, 6.07) is 7.84. The van der Waals surface area contributed by atoms with Crippen molar-refractivity contribution in [2.75, 3.05) is 6.61 Å². The van der Waals surface area contributed by atoms with Crippen LogP contribution in [0.2, 0.25) is 5.15 Å². The Bertz CT molecular complexity index is 565. The van der Waals surface area contributed by atoms with Crippen molar-refractivity contribution < 1.29 is 4.74 Å². The van der Waals surface area contributed by atoms with Crippen LogP contribution < -0.4 is 4.74 Å². The Hall–Kier alpha value is -1.13. The summed E-state index contributed by atoms with van der Waals surface area (Å²) >= 11 is 8.22. The lowest BCUT2D eigenvalue weighted by molar-refractivity contribution is 0.340. The van der Waals surface area contributed by atoms with E-state index < -0.39 is 0 Å². The van der Waals surface area contributed by atoms with Gasteiger partial charge in [-0.2, -0.15) is 16.9 Å². The molecule has 2 aromatic rings. The van der Waals surface area contributed by atoms with Gasteiger partial charge in [-0.3, -0.25) is 0 Å². The number of ether oxygens (including phenoxy) is 1. The SMILES string of the molecule is CCOc1ccc(-n2nc3c(c2Cl)CSC3)cc1. The van der Waals surface area contributed by atoms with Crippen molar-refractivity contribution in [1.29, 1.82) is 0 Å². The average molecular weight is 281 g/mol. The minimum Gasteiger partial charge on any atom is -0.494 e. The second kappa shape index (κ2) is 4.86. The zero-order chi connectivity index (χ0) is 12.5. The first kappa shape index (κ1) is 11.9. The molecule has 1 aromatic heterocycles. The topological polar surface area (TPSA) is 27.1 Å². The lowest BCUT2D eigenvalue weighted by Gasteiger charge is -2.06. The van der Waals surface area contributed by atoms with Gasteiger partial charge in [0.15, 0.2) is 0 Å². The maximum Gasteiger partial charge on any atom is 0.137 e. The Morgan fingerprint density at radius 3 is 2.78 bits per heavy atom. The first-order valence-electron chi connectivity index (χ1n) is 5.87. The molecule has 0 spiro atoms. The zero-order valence-corrected chi connectivity index (χ0v) is 11.6. The van der Waals surface area contributed by atoms with Gasteiger partial charge in [-0.25, -0.2) is 4.68 Å². The van der Waals surface area contributed by atoms with Gasteiger partial charge >= 0.3 is 0 Å². The zero-order valence-electron chi connectivity index (χ0n) is 10.0. The molecule has 3 nitrogen and oxygen atoms in total. The Morgan fingerprint density at radius 2 is 2.11 bits per heavy atom. The van der Waals surface area contributed by atoms with Crippen molar-refractivity contribution in [1.82, 2.24) is 9.78 Å². The molecule has 0 bridgehead atoms. The molecule has 0 radical (unpaired) electrons. The number of hydrogen-bond acceptors (Lipinski definition) is 3. The highest BCUT2D eigenvalue weighted by Gasteiger charge is 2.21. The largest absolute Gasteiger partial charge is 0.494 e. The van der Waals surface area contributed by atoms with Crippen molar-refractivity contribution in [3.63, 3.8) is 0 Å². The number of fused-ring (bicyclic) bond motifs is 1. The second-order valence-electron chi connectivity index (χ2n) is 4.05. The van der Waals surface area contributed by atoms with Crippen LogP contribution >= 0.6 is 23.4 Å². The second-order valence-corrected chi connectivity index (χ2v) is 5.39. The Labute approximate surface area is 115 Å². The highest BCUT2D eigenvalue weighted by molar-refractivity contribution is 7.98. The fourth-order valence-corrected chi connectivity index (χ4v) is 3.43. The molecule has 3 rings (SSSR count). The van der Waals surface area contributed by atoms with Gasteiger partial charge in [0.2, 0.25) is 0 Å². The van der Waals surface area contributed by atoms with Crippen molar-refractivity contribution in [3.8, 4) is 11.4 Å². The summed E-state index contributed by atoms with van der Waals surface area (Å²) in [5.74, 6) is 2.79. The van der Waals surface area contributed by atoms with Crippen LogP contribution in [0.25, 0.3) is 5.69 Å². The van der Waals surface area contributed by atoms with Crippen LogP contribution in [0.15, 0.2) is 24.3 Å². The molecule has 1 aliphatic heterocycles. The number of benzene rings is 1. The molecule has 0 saturated heterocycles. The summed E-state index contributed by atoms with van der Waals surface area (Å²) < 4.78 is 7.23. The molecule has 0 saturated carbocycles. The van der Waals surface area contributed by atoms with Crippen molar-refractivity contribution in [3.05, 3.63) is 40.7 Å². The van der Waals surface area contributed by atoms with E-state index in [2.05, 4.69) is 5.10 Å². The maximum absolute atomic E-state index is 6.36. The predicted octanol–water partition coefficient (Wildman–Crippen LogP) is 3.67. The van der Waals surface area contributed by atoms with Crippen LogP contribution in [0, 0.1) is 0 Å². The first-order valence-corrected chi connectivity index (χ1v) is 7.40. The lowest BCUT2D eigenvalue weighted by atomic mass is 10.3. The van der Waals surface area contributed by atoms with Gasteiger partial charge in [0, 0.05) is 17.1 Å². The molecule has 1 aliphatic rings. The van der Waals surface area contributed by atoms with Gasteiger partial charge in [0.1, 0.15) is 10.9 Å². The van der Waals surface area contributed by atoms with Gasteiger partial charge in [-0.1, -0.05) is 11.6 Å². The summed E-state index contributed by atoms with van der Waals surface area (Å²) in [6.45, 7) is 2.65. The summed E-state index contributed by atoms with van der Waals surface area (Å²) in [5, 5.41) is 5.29. The van der Waals surface area contributed by atoms with Crippen molar-refractivity contribution in [2.45, 2.75) is 18.4 Å². The minimum atomic E-state index is 0.674. The standard InChI is InChI=1S/C13H13ClN2OS/c1-2-17-10-5-3-9(4-6-10)16-13(14)11-7-18-8-12(11)15-16/h3-6H,2,7-8H2,1H3. The van der Waals surface area contributed by atoms with Crippen LogP contribution in [-0.4, -0.2) is 16.4 Å². The van der Waals surface area contributed by atoms with Gasteiger partial charge in [-0.05, 0) is 31.2 Å². The molecule has 0 fully saturated rings. The van der Waals surface area contributed by atoms with Crippen LogP contribution in [-0.2, 0) is 11.5 Å². The molecule has 0 N–H and O–H groups in total. The third kappa shape index (κ3) is 1.99. The Kier molecular flexibility index (Phi) is 3.22. The first-order chi connectivity index (χ1) is 8.79. The smallest absolute Gasteiger partial charge is 0.137 e. The minimum absolute atomic E-state index is 0.674. The van der Waals surface area contributed by atoms with Gasteiger partial charge in [0.05, 0.1) is 18.0 Å². The monoisotopic (exact) mass is 280 g/mol. The van der Waals surface area contributed by atoms with E-state index in [1.807, 2.05) is 47.6 Å². The van der Waals surface area contributed by atoms with Crippen LogP contribution in [0.3, 0.4) is 0 Å². The Balaban J connectivity index is 1.95. The molecule has 94 valence electrons. The van der Waals surface area contributed by atoms with Crippen LogP contribution in [0.4, 0.5) is 0 Å². The van der Waals surface area contributed by atoms with Crippen molar-refractivity contribution in [2.24, 2.45) is 0 Å². The van der Waals surface area contributed by atoms with Gasteiger partial charge in [-0.15, -0.1) is 0 Å². The van der Waals surface area contributed by atoms with E-state index in [9.17, 15) is 0 Å². The molecule has 1 aromatic carbocycles. The normalized spacial score (nSPS) is 13.7. The molecule has 0 atom stereocenters. The van der Waals surface area contributed by atoms with E-state index in [0.29, 0.717) is 6.61 Å². The van der Waals surface area contributed by atoms with E-state index in [4.69, 9.17) is 16.3 Å². The van der Waals surface area contributed by atoms with Gasteiger partial charge < -0.3 is 4.74 Å². The summed E-state index contributed by atoms with van der Waals surface area (Å²) in [5.41, 5.74) is 3.26. The number of thioether (sulfide) groups is 1. The summed E-state index contributed by atoms with van der Waals surface area (Å²) in [6.07, 6.45) is 0. The number of nitrogens with zero attached hydrogens (tertiary/aromatic N) is 2. The highest BCUT2D eigenvalue weighted by Crippen LogP contribution is 2.35.